The fourth-order valence-corrected chi connectivity index (χ4v) is 7.90. The minimum Gasteiger partial charge on any atom is -0.289 e. The van der Waals surface area contributed by atoms with Gasteiger partial charge in [-0.05, 0) is 54.9 Å². The van der Waals surface area contributed by atoms with Gasteiger partial charge in [-0.15, -0.1) is 0 Å². The highest BCUT2D eigenvalue weighted by atomic mass is 32.2. The third kappa shape index (κ3) is 2.08. The van der Waals surface area contributed by atoms with E-state index in [4.69, 9.17) is 0 Å². The molecule has 27 heavy (non-hydrogen) atoms. The van der Waals surface area contributed by atoms with Gasteiger partial charge in [-0.1, -0.05) is 55.0 Å². The monoisotopic (exact) mass is 378 g/mol. The highest BCUT2D eigenvalue weighted by molar-refractivity contribution is 7.92. The van der Waals surface area contributed by atoms with Gasteiger partial charge in [0.1, 0.15) is 0 Å². The van der Waals surface area contributed by atoms with Crippen LogP contribution < -0.4 is 0 Å². The summed E-state index contributed by atoms with van der Waals surface area (Å²) in [7, 11) is -3.40. The number of ketones is 1. The summed E-state index contributed by atoms with van der Waals surface area (Å²) in [6.07, 6.45) is 4.82. The van der Waals surface area contributed by atoms with Gasteiger partial charge in [0.15, 0.2) is 15.6 Å². The number of carbonyl (C=O) groups is 1. The second kappa shape index (κ2) is 5.41. The highest BCUT2D eigenvalue weighted by Gasteiger charge is 2.64. The number of carbonyl (C=O) groups excluding carboxylic acids is 1. The predicted molar refractivity (Wildman–Crippen MR) is 105 cm³/mol. The number of sulfone groups is 1. The standard InChI is InChI=1S/C23H22O3S/c1-22-12-11-16-13-21(24)19-9-5-6-10-20(19)23(16,22)15-18(14-22)27(25,26)17-7-3-2-4-8-17/h2-10,13,18H,11-12,14-15H2,1H3/t18?,22-,23-/m0/s1. The maximum atomic E-state index is 13.4. The first-order valence-corrected chi connectivity index (χ1v) is 11.1. The molecule has 2 fully saturated rings. The molecule has 0 aromatic heterocycles. The average molecular weight is 378 g/mol. The molecule has 2 saturated carbocycles. The van der Waals surface area contributed by atoms with Crippen LogP contribution in [-0.4, -0.2) is 19.5 Å². The molecule has 0 N–H and O–H groups in total. The number of hydrogen-bond acceptors (Lipinski definition) is 3. The van der Waals surface area contributed by atoms with Crippen LogP contribution in [0.4, 0.5) is 0 Å². The summed E-state index contributed by atoms with van der Waals surface area (Å²) >= 11 is 0. The van der Waals surface area contributed by atoms with E-state index in [-0.39, 0.29) is 16.6 Å². The number of benzene rings is 2. The first-order chi connectivity index (χ1) is 12.9. The van der Waals surface area contributed by atoms with Crippen LogP contribution in [0.15, 0.2) is 71.1 Å². The van der Waals surface area contributed by atoms with Crippen LogP contribution >= 0.6 is 0 Å². The van der Waals surface area contributed by atoms with Gasteiger partial charge in [0.05, 0.1) is 10.1 Å². The number of allylic oxidation sites excluding steroid dienone is 2. The van der Waals surface area contributed by atoms with E-state index >= 15 is 0 Å². The van der Waals surface area contributed by atoms with Crippen LogP contribution in [0.5, 0.6) is 0 Å². The van der Waals surface area contributed by atoms with Gasteiger partial charge in [-0.25, -0.2) is 8.42 Å². The Morgan fingerprint density at radius 1 is 0.963 bits per heavy atom. The summed E-state index contributed by atoms with van der Waals surface area (Å²) in [5, 5.41) is -0.421. The Morgan fingerprint density at radius 2 is 1.67 bits per heavy atom. The van der Waals surface area contributed by atoms with Crippen molar-refractivity contribution < 1.29 is 13.2 Å². The fraction of sp³-hybridized carbons (Fsp3) is 0.348. The van der Waals surface area contributed by atoms with Crippen LogP contribution in [0, 0.1) is 5.41 Å². The minimum absolute atomic E-state index is 0.0600. The molecule has 2 aromatic carbocycles. The van der Waals surface area contributed by atoms with Crippen molar-refractivity contribution in [2.45, 2.75) is 48.2 Å². The first-order valence-electron chi connectivity index (χ1n) is 9.52. The van der Waals surface area contributed by atoms with E-state index in [1.807, 2.05) is 30.3 Å². The number of rotatable bonds is 2. The maximum absolute atomic E-state index is 13.4. The molecule has 3 nitrogen and oxygen atoms in total. The van der Waals surface area contributed by atoms with Crippen LogP contribution in [0.2, 0.25) is 0 Å². The van der Waals surface area contributed by atoms with Crippen molar-refractivity contribution in [1.82, 2.24) is 0 Å². The molecule has 3 atom stereocenters. The van der Waals surface area contributed by atoms with Gasteiger partial charge >= 0.3 is 0 Å². The lowest BCUT2D eigenvalue weighted by Crippen LogP contribution is -2.39. The largest absolute Gasteiger partial charge is 0.289 e. The molecule has 2 aromatic rings. The van der Waals surface area contributed by atoms with Crippen molar-refractivity contribution in [3.8, 4) is 0 Å². The van der Waals surface area contributed by atoms with Crippen molar-refractivity contribution in [2.24, 2.45) is 5.41 Å². The maximum Gasteiger partial charge on any atom is 0.186 e. The molecule has 0 radical (unpaired) electrons. The molecule has 138 valence electrons. The quantitative estimate of drug-likeness (QED) is 0.774. The van der Waals surface area contributed by atoms with Crippen molar-refractivity contribution in [2.75, 3.05) is 0 Å². The summed E-state index contributed by atoms with van der Waals surface area (Å²) in [5.74, 6) is 0.0600. The van der Waals surface area contributed by atoms with Gasteiger partial charge in [-0.3, -0.25) is 4.79 Å². The zero-order chi connectivity index (χ0) is 18.9. The third-order valence-electron chi connectivity index (χ3n) is 7.20. The molecule has 0 bridgehead atoms. The van der Waals surface area contributed by atoms with Crippen LogP contribution in [0.25, 0.3) is 0 Å². The van der Waals surface area contributed by atoms with E-state index in [1.54, 1.807) is 30.3 Å². The zero-order valence-corrected chi connectivity index (χ0v) is 16.1. The molecular formula is C23H22O3S. The molecule has 1 unspecified atom stereocenters. The molecule has 0 amide bonds. The lowest BCUT2D eigenvalue weighted by molar-refractivity contribution is 0.103. The molecule has 0 aliphatic heterocycles. The van der Waals surface area contributed by atoms with Crippen molar-refractivity contribution >= 4 is 15.6 Å². The molecule has 0 heterocycles. The van der Waals surface area contributed by atoms with Gasteiger partial charge in [-0.2, -0.15) is 0 Å². The van der Waals surface area contributed by atoms with Crippen molar-refractivity contribution in [3.63, 3.8) is 0 Å². The Bertz CT molecular complexity index is 1080. The average Bonchev–Trinajstić information content (AvgIpc) is 3.13. The summed E-state index contributed by atoms with van der Waals surface area (Å²) in [4.78, 5) is 13.0. The molecule has 4 heteroatoms. The summed E-state index contributed by atoms with van der Waals surface area (Å²) in [5.41, 5.74) is 2.46. The van der Waals surface area contributed by atoms with Crippen LogP contribution in [0.3, 0.4) is 0 Å². The van der Waals surface area contributed by atoms with Gasteiger partial charge in [0.25, 0.3) is 0 Å². The number of hydrogen-bond donors (Lipinski definition) is 0. The lowest BCUT2D eigenvalue weighted by atomic mass is 9.60. The minimum atomic E-state index is -3.40. The van der Waals surface area contributed by atoms with Crippen molar-refractivity contribution in [3.05, 3.63) is 77.4 Å². The van der Waals surface area contributed by atoms with E-state index in [1.165, 1.54) is 0 Å². The fourth-order valence-electron chi connectivity index (χ4n) is 5.93. The molecule has 5 rings (SSSR count). The Labute approximate surface area is 160 Å². The summed E-state index contributed by atoms with van der Waals surface area (Å²) in [6.45, 7) is 2.22. The normalized spacial score (nSPS) is 31.8. The van der Waals surface area contributed by atoms with Crippen LogP contribution in [-0.2, 0) is 15.3 Å². The van der Waals surface area contributed by atoms with E-state index in [9.17, 15) is 13.2 Å². The van der Waals surface area contributed by atoms with Gasteiger partial charge < -0.3 is 0 Å². The third-order valence-corrected chi connectivity index (χ3v) is 9.35. The molecular weight excluding hydrogens is 356 g/mol. The first kappa shape index (κ1) is 16.9. The molecule has 3 aliphatic carbocycles. The Morgan fingerprint density at radius 3 is 2.44 bits per heavy atom. The number of fused-ring (bicyclic) bond motifs is 1. The zero-order valence-electron chi connectivity index (χ0n) is 15.3. The van der Waals surface area contributed by atoms with E-state index in [2.05, 4.69) is 6.92 Å². The van der Waals surface area contributed by atoms with E-state index < -0.39 is 15.1 Å². The molecule has 1 spiro atoms. The summed E-state index contributed by atoms with van der Waals surface area (Å²) < 4.78 is 26.7. The second-order valence-electron chi connectivity index (χ2n) is 8.43. The van der Waals surface area contributed by atoms with Crippen molar-refractivity contribution in [1.29, 1.82) is 0 Å². The SMILES string of the molecule is C[C@@]12CCC3=CC(=O)c4ccccc4[C@]31CC(S(=O)(=O)c1ccccc1)C2. The highest BCUT2D eigenvalue weighted by Crippen LogP contribution is 2.68. The Kier molecular flexibility index (Phi) is 3.40. The van der Waals surface area contributed by atoms with Crippen LogP contribution in [0.1, 0.15) is 48.5 Å². The Hall–Kier alpha value is -2.20. The van der Waals surface area contributed by atoms with E-state index in [0.717, 1.165) is 29.5 Å². The van der Waals surface area contributed by atoms with E-state index in [0.29, 0.717) is 17.7 Å². The second-order valence-corrected chi connectivity index (χ2v) is 10.7. The van der Waals surface area contributed by atoms with Gasteiger partial charge in [0, 0.05) is 11.0 Å². The molecule has 3 aliphatic rings. The lowest BCUT2D eigenvalue weighted by Gasteiger charge is -2.42. The smallest absolute Gasteiger partial charge is 0.186 e. The topological polar surface area (TPSA) is 51.2 Å². The molecule has 0 saturated heterocycles. The Balaban J connectivity index is 1.68. The summed E-state index contributed by atoms with van der Waals surface area (Å²) in [6, 6.07) is 16.6. The predicted octanol–water partition coefficient (Wildman–Crippen LogP) is 4.48. The van der Waals surface area contributed by atoms with Gasteiger partial charge in [0.2, 0.25) is 0 Å².